The van der Waals surface area contributed by atoms with Gasteiger partial charge >= 0.3 is 7.12 Å². The zero-order valence-corrected chi connectivity index (χ0v) is 11.6. The Labute approximate surface area is 114 Å². The van der Waals surface area contributed by atoms with E-state index >= 15 is 0 Å². The third-order valence-electron chi connectivity index (χ3n) is 3.27. The lowest BCUT2D eigenvalue weighted by atomic mass is 9.79. The zero-order valence-electron chi connectivity index (χ0n) is 11.6. The van der Waals surface area contributed by atoms with Crippen molar-refractivity contribution in [3.05, 3.63) is 54.1 Å². The van der Waals surface area contributed by atoms with Gasteiger partial charge in [-0.25, -0.2) is 0 Å². The molecular formula is C16H19BO2. The molecule has 98 valence electrons. The molecule has 0 saturated heterocycles. The van der Waals surface area contributed by atoms with Gasteiger partial charge in [0, 0.05) is 0 Å². The smallest absolute Gasteiger partial charge is 0.423 e. The predicted octanol–water partition coefficient (Wildman–Crippen LogP) is 2.33. The lowest BCUT2D eigenvalue weighted by molar-refractivity contribution is 0.426. The molecule has 2 rings (SSSR count). The predicted molar refractivity (Wildman–Crippen MR) is 80.4 cm³/mol. The van der Waals surface area contributed by atoms with E-state index < -0.39 is 7.12 Å². The first kappa shape index (κ1) is 13.8. The molecule has 0 amide bonds. The van der Waals surface area contributed by atoms with E-state index in [0.717, 1.165) is 11.1 Å². The van der Waals surface area contributed by atoms with Crippen LogP contribution in [0.15, 0.2) is 48.5 Å². The molecule has 0 heterocycles. The molecule has 2 aromatic rings. The lowest BCUT2D eigenvalue weighted by Gasteiger charge is -2.19. The number of benzene rings is 2. The van der Waals surface area contributed by atoms with Gasteiger partial charge in [0.2, 0.25) is 0 Å². The van der Waals surface area contributed by atoms with E-state index in [-0.39, 0.29) is 5.41 Å². The van der Waals surface area contributed by atoms with E-state index in [4.69, 9.17) is 0 Å². The molecular weight excluding hydrogens is 235 g/mol. The highest BCUT2D eigenvalue weighted by Gasteiger charge is 2.14. The first-order valence-corrected chi connectivity index (χ1v) is 6.45. The third-order valence-corrected chi connectivity index (χ3v) is 3.27. The summed E-state index contributed by atoms with van der Waals surface area (Å²) in [5, 5.41) is 18.4. The minimum absolute atomic E-state index is 0.141. The van der Waals surface area contributed by atoms with Crippen LogP contribution in [0.25, 0.3) is 11.1 Å². The molecule has 0 aromatic heterocycles. The van der Waals surface area contributed by atoms with E-state index in [1.54, 1.807) is 12.1 Å². The van der Waals surface area contributed by atoms with Gasteiger partial charge < -0.3 is 10.0 Å². The Morgan fingerprint density at radius 2 is 1.47 bits per heavy atom. The first-order chi connectivity index (χ1) is 8.88. The monoisotopic (exact) mass is 254 g/mol. The molecule has 0 bridgehead atoms. The molecule has 2 aromatic carbocycles. The minimum Gasteiger partial charge on any atom is -0.423 e. The fourth-order valence-corrected chi connectivity index (χ4v) is 2.04. The first-order valence-electron chi connectivity index (χ1n) is 6.45. The molecule has 0 saturated carbocycles. The molecule has 0 aliphatic rings. The lowest BCUT2D eigenvalue weighted by Crippen LogP contribution is -2.29. The third kappa shape index (κ3) is 3.25. The Balaban J connectivity index is 2.35. The van der Waals surface area contributed by atoms with Gasteiger partial charge in [0.05, 0.1) is 0 Å². The standard InChI is InChI=1S/C16H19BO2/c1-16(2,3)14-9-7-12(8-10-14)13-5-4-6-15(11-13)17(18)19/h4-11,18-19H,1-3H3. The van der Waals surface area contributed by atoms with Crippen LogP contribution in [0.4, 0.5) is 0 Å². The summed E-state index contributed by atoms with van der Waals surface area (Å²) in [6.45, 7) is 6.56. The van der Waals surface area contributed by atoms with Crippen molar-refractivity contribution in [1.29, 1.82) is 0 Å². The maximum atomic E-state index is 9.20. The van der Waals surface area contributed by atoms with Crippen LogP contribution >= 0.6 is 0 Å². The molecule has 0 unspecified atom stereocenters. The van der Waals surface area contributed by atoms with Crippen LogP contribution in [-0.2, 0) is 5.41 Å². The van der Waals surface area contributed by atoms with Gasteiger partial charge in [-0.3, -0.25) is 0 Å². The summed E-state index contributed by atoms with van der Waals surface area (Å²) < 4.78 is 0. The number of hydrogen-bond donors (Lipinski definition) is 2. The van der Waals surface area contributed by atoms with E-state index in [9.17, 15) is 10.0 Å². The Bertz CT molecular complexity index is 554. The van der Waals surface area contributed by atoms with Crippen molar-refractivity contribution < 1.29 is 10.0 Å². The summed E-state index contributed by atoms with van der Waals surface area (Å²) in [4.78, 5) is 0. The van der Waals surface area contributed by atoms with Crippen molar-refractivity contribution in [2.75, 3.05) is 0 Å². The number of rotatable bonds is 2. The Hall–Kier alpha value is -1.58. The summed E-state index contributed by atoms with van der Waals surface area (Å²) in [6, 6.07) is 15.7. The van der Waals surface area contributed by atoms with Crippen molar-refractivity contribution in [2.45, 2.75) is 26.2 Å². The SMILES string of the molecule is CC(C)(C)c1ccc(-c2cccc(B(O)O)c2)cc1. The molecule has 19 heavy (non-hydrogen) atoms. The molecule has 0 aliphatic carbocycles. The van der Waals surface area contributed by atoms with Gasteiger partial charge in [-0.15, -0.1) is 0 Å². The van der Waals surface area contributed by atoms with Crippen LogP contribution in [0.1, 0.15) is 26.3 Å². The second-order valence-electron chi connectivity index (χ2n) is 5.83. The Kier molecular flexibility index (Phi) is 3.79. The molecule has 0 fully saturated rings. The average Bonchev–Trinajstić information content (AvgIpc) is 2.38. The van der Waals surface area contributed by atoms with Gasteiger partial charge in [0.25, 0.3) is 0 Å². The van der Waals surface area contributed by atoms with Crippen LogP contribution in [0.2, 0.25) is 0 Å². The van der Waals surface area contributed by atoms with E-state index in [1.165, 1.54) is 5.56 Å². The van der Waals surface area contributed by atoms with Crippen LogP contribution in [0.3, 0.4) is 0 Å². The maximum Gasteiger partial charge on any atom is 0.488 e. The number of hydrogen-bond acceptors (Lipinski definition) is 2. The topological polar surface area (TPSA) is 40.5 Å². The van der Waals surface area contributed by atoms with Gasteiger partial charge in [-0.2, -0.15) is 0 Å². The molecule has 2 N–H and O–H groups in total. The molecule has 0 spiro atoms. The zero-order chi connectivity index (χ0) is 14.0. The fourth-order valence-electron chi connectivity index (χ4n) is 2.04. The fraction of sp³-hybridized carbons (Fsp3) is 0.250. The van der Waals surface area contributed by atoms with E-state index in [1.807, 2.05) is 12.1 Å². The molecule has 2 nitrogen and oxygen atoms in total. The minimum atomic E-state index is -1.42. The van der Waals surface area contributed by atoms with Gasteiger partial charge in [0.15, 0.2) is 0 Å². The average molecular weight is 254 g/mol. The van der Waals surface area contributed by atoms with Crippen molar-refractivity contribution in [3.8, 4) is 11.1 Å². The van der Waals surface area contributed by atoms with Crippen LogP contribution < -0.4 is 5.46 Å². The van der Waals surface area contributed by atoms with Crippen LogP contribution in [-0.4, -0.2) is 17.2 Å². The van der Waals surface area contributed by atoms with E-state index in [2.05, 4.69) is 45.0 Å². The molecule has 3 heteroatoms. The maximum absolute atomic E-state index is 9.20. The van der Waals surface area contributed by atoms with Crippen molar-refractivity contribution in [2.24, 2.45) is 0 Å². The second kappa shape index (κ2) is 5.20. The normalized spacial score (nSPS) is 11.4. The molecule has 0 radical (unpaired) electrons. The van der Waals surface area contributed by atoms with Crippen molar-refractivity contribution in [1.82, 2.24) is 0 Å². The van der Waals surface area contributed by atoms with Crippen LogP contribution in [0.5, 0.6) is 0 Å². The quantitative estimate of drug-likeness (QED) is 0.807. The Morgan fingerprint density at radius 3 is 2.00 bits per heavy atom. The van der Waals surface area contributed by atoms with E-state index in [0.29, 0.717) is 5.46 Å². The molecule has 0 atom stereocenters. The van der Waals surface area contributed by atoms with Crippen molar-refractivity contribution in [3.63, 3.8) is 0 Å². The highest BCUT2D eigenvalue weighted by atomic mass is 16.4. The van der Waals surface area contributed by atoms with Crippen LogP contribution in [0, 0.1) is 0 Å². The second-order valence-corrected chi connectivity index (χ2v) is 5.83. The summed E-state index contributed by atoms with van der Waals surface area (Å²) in [7, 11) is -1.42. The summed E-state index contributed by atoms with van der Waals surface area (Å²) >= 11 is 0. The summed E-state index contributed by atoms with van der Waals surface area (Å²) in [5.74, 6) is 0. The molecule has 0 aliphatic heterocycles. The van der Waals surface area contributed by atoms with Gasteiger partial charge in [0.1, 0.15) is 0 Å². The summed E-state index contributed by atoms with van der Waals surface area (Å²) in [5.41, 5.74) is 4.01. The summed E-state index contributed by atoms with van der Waals surface area (Å²) in [6.07, 6.45) is 0. The van der Waals surface area contributed by atoms with Gasteiger partial charge in [-0.05, 0) is 27.6 Å². The Morgan fingerprint density at radius 1 is 0.842 bits per heavy atom. The largest absolute Gasteiger partial charge is 0.488 e. The highest BCUT2D eigenvalue weighted by Crippen LogP contribution is 2.25. The van der Waals surface area contributed by atoms with Gasteiger partial charge in [-0.1, -0.05) is 69.3 Å². The van der Waals surface area contributed by atoms with Crippen molar-refractivity contribution >= 4 is 12.6 Å². The highest BCUT2D eigenvalue weighted by molar-refractivity contribution is 6.58.